The Balaban J connectivity index is 1.61. The summed E-state index contributed by atoms with van der Waals surface area (Å²) in [7, 11) is 0. The van der Waals surface area contributed by atoms with Crippen molar-refractivity contribution in [3.05, 3.63) is 60.2 Å². The van der Waals surface area contributed by atoms with Crippen LogP contribution in [-0.4, -0.2) is 42.4 Å². The number of primary amides is 1. The summed E-state index contributed by atoms with van der Waals surface area (Å²) in [5.74, 6) is -1.66. The number of hydrogen-bond donors (Lipinski definition) is 2. The summed E-state index contributed by atoms with van der Waals surface area (Å²) in [6, 6.07) is 16.4. The zero-order valence-electron chi connectivity index (χ0n) is 15.5. The number of benzene rings is 2. The maximum absolute atomic E-state index is 12.5. The number of carbonyl (C=O) groups excluding carboxylic acids is 3. The fourth-order valence-corrected chi connectivity index (χ4v) is 3.18. The normalized spacial score (nSPS) is 16.3. The number of piperidine rings is 1. The lowest BCUT2D eigenvalue weighted by molar-refractivity contribution is -0.137. The van der Waals surface area contributed by atoms with Crippen molar-refractivity contribution >= 4 is 29.2 Å². The van der Waals surface area contributed by atoms with Crippen molar-refractivity contribution in [3.63, 3.8) is 0 Å². The molecule has 146 valence electrons. The van der Waals surface area contributed by atoms with Gasteiger partial charge in [-0.3, -0.25) is 9.59 Å². The Labute approximate surface area is 163 Å². The molecule has 1 heterocycles. The van der Waals surface area contributed by atoms with Gasteiger partial charge >= 0.3 is 5.97 Å². The van der Waals surface area contributed by atoms with Crippen molar-refractivity contribution in [3.8, 4) is 0 Å². The molecule has 0 bridgehead atoms. The molecule has 1 saturated heterocycles. The first kappa shape index (κ1) is 19.4. The van der Waals surface area contributed by atoms with Crippen molar-refractivity contribution in [2.45, 2.75) is 12.8 Å². The van der Waals surface area contributed by atoms with Crippen molar-refractivity contribution in [1.29, 1.82) is 0 Å². The van der Waals surface area contributed by atoms with E-state index in [0.29, 0.717) is 30.6 Å². The van der Waals surface area contributed by atoms with Crippen LogP contribution in [0.5, 0.6) is 0 Å². The van der Waals surface area contributed by atoms with Crippen LogP contribution >= 0.6 is 0 Å². The maximum atomic E-state index is 12.5. The number of nitrogens with one attached hydrogen (secondary N) is 1. The lowest BCUT2D eigenvalue weighted by Crippen LogP contribution is -2.45. The second-order valence-electron chi connectivity index (χ2n) is 6.69. The number of esters is 1. The molecule has 2 amide bonds. The van der Waals surface area contributed by atoms with Crippen LogP contribution in [0, 0.1) is 5.92 Å². The molecule has 0 unspecified atom stereocenters. The van der Waals surface area contributed by atoms with Gasteiger partial charge in [0.15, 0.2) is 6.61 Å². The van der Waals surface area contributed by atoms with Crippen LogP contribution in [0.25, 0.3) is 0 Å². The smallest absolute Gasteiger partial charge is 0.340 e. The summed E-state index contributed by atoms with van der Waals surface area (Å²) in [6.07, 6.45) is 1.38. The molecular formula is C21H23N3O4. The van der Waals surface area contributed by atoms with Gasteiger partial charge in [-0.1, -0.05) is 30.3 Å². The third kappa shape index (κ3) is 4.88. The molecular weight excluding hydrogens is 358 g/mol. The summed E-state index contributed by atoms with van der Waals surface area (Å²) in [5, 5.41) is 3.18. The molecule has 0 saturated carbocycles. The number of nitrogens with two attached hydrogens (primary N) is 1. The van der Waals surface area contributed by atoms with E-state index < -0.39 is 11.9 Å². The van der Waals surface area contributed by atoms with Gasteiger partial charge < -0.3 is 20.7 Å². The summed E-state index contributed by atoms with van der Waals surface area (Å²) >= 11 is 0. The number of rotatable bonds is 6. The standard InChI is InChI=1S/C21H23N3O4/c22-20(26)15-7-6-12-24(13-15)19(25)14-28-21(27)17-10-4-5-11-18(17)23-16-8-2-1-3-9-16/h1-5,8-11,15,23H,6-7,12-14H2,(H2,22,26)/t15-/m1/s1. The Kier molecular flexibility index (Phi) is 6.26. The van der Waals surface area contributed by atoms with Crippen LogP contribution in [0.3, 0.4) is 0 Å². The van der Waals surface area contributed by atoms with E-state index in [9.17, 15) is 14.4 Å². The average molecular weight is 381 g/mol. The lowest BCUT2D eigenvalue weighted by atomic mass is 9.97. The van der Waals surface area contributed by atoms with Gasteiger partial charge in [0.05, 0.1) is 17.2 Å². The van der Waals surface area contributed by atoms with Crippen LogP contribution in [0.4, 0.5) is 11.4 Å². The quantitative estimate of drug-likeness (QED) is 0.748. The average Bonchev–Trinajstić information content (AvgIpc) is 2.73. The Hall–Kier alpha value is -3.35. The first-order chi connectivity index (χ1) is 13.5. The molecule has 1 aliphatic heterocycles. The molecule has 1 fully saturated rings. The summed E-state index contributed by atoms with van der Waals surface area (Å²) in [4.78, 5) is 37.7. The molecule has 7 heteroatoms. The molecule has 1 atom stereocenters. The molecule has 2 aromatic carbocycles. The molecule has 3 rings (SSSR count). The van der Waals surface area contributed by atoms with Crippen LogP contribution in [0.1, 0.15) is 23.2 Å². The van der Waals surface area contributed by atoms with Gasteiger partial charge in [0.2, 0.25) is 5.91 Å². The van der Waals surface area contributed by atoms with E-state index in [0.717, 1.165) is 5.69 Å². The Bertz CT molecular complexity index is 854. The van der Waals surface area contributed by atoms with Gasteiger partial charge in [0.1, 0.15) is 0 Å². The summed E-state index contributed by atoms with van der Waals surface area (Å²) in [5.41, 5.74) is 7.11. The van der Waals surface area contributed by atoms with Crippen molar-refractivity contribution in [1.82, 2.24) is 4.90 Å². The predicted octanol–water partition coefficient (Wildman–Crippen LogP) is 2.31. The second kappa shape index (κ2) is 9.03. The number of nitrogens with zero attached hydrogens (tertiary/aromatic N) is 1. The van der Waals surface area contributed by atoms with E-state index in [1.54, 1.807) is 18.2 Å². The van der Waals surface area contributed by atoms with Crippen LogP contribution in [-0.2, 0) is 14.3 Å². The largest absolute Gasteiger partial charge is 0.452 e. The van der Waals surface area contributed by atoms with Gasteiger partial charge in [-0.15, -0.1) is 0 Å². The van der Waals surface area contributed by atoms with Crippen LogP contribution in [0.15, 0.2) is 54.6 Å². The minimum atomic E-state index is -0.587. The van der Waals surface area contributed by atoms with Gasteiger partial charge in [-0.2, -0.15) is 0 Å². The van der Waals surface area contributed by atoms with E-state index in [4.69, 9.17) is 10.5 Å². The van der Waals surface area contributed by atoms with Gasteiger partial charge in [-0.25, -0.2) is 4.79 Å². The molecule has 0 spiro atoms. The number of para-hydroxylation sites is 2. The van der Waals surface area contributed by atoms with Crippen LogP contribution in [0.2, 0.25) is 0 Å². The molecule has 28 heavy (non-hydrogen) atoms. The third-order valence-corrected chi connectivity index (χ3v) is 4.70. The molecule has 3 N–H and O–H groups in total. The topological polar surface area (TPSA) is 102 Å². The fraction of sp³-hybridized carbons (Fsp3) is 0.286. The highest BCUT2D eigenvalue weighted by Gasteiger charge is 2.27. The Morgan fingerprint density at radius 2 is 1.79 bits per heavy atom. The summed E-state index contributed by atoms with van der Waals surface area (Å²) < 4.78 is 5.23. The van der Waals surface area contributed by atoms with Gasteiger partial charge in [0.25, 0.3) is 5.91 Å². The number of carbonyl (C=O) groups is 3. The van der Waals surface area contributed by atoms with E-state index in [1.807, 2.05) is 36.4 Å². The SMILES string of the molecule is NC(=O)[C@@H]1CCCN(C(=O)COC(=O)c2ccccc2Nc2ccccc2)C1. The predicted molar refractivity (Wildman–Crippen MR) is 105 cm³/mol. The van der Waals surface area contributed by atoms with Crippen LogP contribution < -0.4 is 11.1 Å². The zero-order valence-corrected chi connectivity index (χ0v) is 15.5. The van der Waals surface area contributed by atoms with Crippen molar-refractivity contribution in [2.75, 3.05) is 25.0 Å². The highest BCUT2D eigenvalue weighted by molar-refractivity contribution is 5.97. The Morgan fingerprint density at radius 3 is 2.54 bits per heavy atom. The molecule has 7 nitrogen and oxygen atoms in total. The molecule has 0 aromatic heterocycles. The zero-order chi connectivity index (χ0) is 19.9. The molecule has 0 aliphatic carbocycles. The fourth-order valence-electron chi connectivity index (χ4n) is 3.18. The number of ether oxygens (including phenoxy) is 1. The first-order valence-electron chi connectivity index (χ1n) is 9.20. The number of hydrogen-bond acceptors (Lipinski definition) is 5. The highest BCUT2D eigenvalue weighted by Crippen LogP contribution is 2.22. The van der Waals surface area contributed by atoms with E-state index in [1.165, 1.54) is 4.90 Å². The molecule has 0 radical (unpaired) electrons. The van der Waals surface area contributed by atoms with E-state index in [2.05, 4.69) is 5.32 Å². The van der Waals surface area contributed by atoms with Gasteiger partial charge in [0, 0.05) is 18.8 Å². The Morgan fingerprint density at radius 1 is 1.07 bits per heavy atom. The minimum absolute atomic E-state index is 0.276. The van der Waals surface area contributed by atoms with Crippen molar-refractivity contribution in [2.24, 2.45) is 11.7 Å². The number of likely N-dealkylation sites (tertiary alicyclic amines) is 1. The van der Waals surface area contributed by atoms with Gasteiger partial charge in [-0.05, 0) is 37.1 Å². The maximum Gasteiger partial charge on any atom is 0.340 e. The molecule has 1 aliphatic rings. The summed E-state index contributed by atoms with van der Waals surface area (Å²) in [6.45, 7) is 0.439. The minimum Gasteiger partial charge on any atom is -0.452 e. The second-order valence-corrected chi connectivity index (χ2v) is 6.69. The third-order valence-electron chi connectivity index (χ3n) is 4.70. The monoisotopic (exact) mass is 381 g/mol. The molecule has 2 aromatic rings. The lowest BCUT2D eigenvalue weighted by Gasteiger charge is -2.31. The number of anilines is 2. The van der Waals surface area contributed by atoms with Crippen molar-refractivity contribution < 1.29 is 19.1 Å². The first-order valence-corrected chi connectivity index (χ1v) is 9.20. The highest BCUT2D eigenvalue weighted by atomic mass is 16.5. The number of amides is 2. The van der Waals surface area contributed by atoms with E-state index >= 15 is 0 Å². The van der Waals surface area contributed by atoms with E-state index in [-0.39, 0.29) is 25.0 Å².